The summed E-state index contributed by atoms with van der Waals surface area (Å²) in [5, 5.41) is 4.00. The first-order valence-electron chi connectivity index (χ1n) is 14.3. The van der Waals surface area contributed by atoms with Gasteiger partial charge in [0.15, 0.2) is 0 Å². The molecular formula is C33H36Cl2N4O4. The number of hydrogen-bond donors (Lipinski definition) is 1. The van der Waals surface area contributed by atoms with Gasteiger partial charge in [0.25, 0.3) is 0 Å². The van der Waals surface area contributed by atoms with Crippen LogP contribution in [0, 0.1) is 0 Å². The largest absolute Gasteiger partial charge is 0.493 e. The summed E-state index contributed by atoms with van der Waals surface area (Å²) in [4.78, 5) is 35.4. The number of urea groups is 1. The minimum Gasteiger partial charge on any atom is -0.493 e. The molecule has 3 aromatic rings. The van der Waals surface area contributed by atoms with Crippen molar-refractivity contribution >= 4 is 41.0 Å². The van der Waals surface area contributed by atoms with E-state index in [1.165, 1.54) is 0 Å². The molecule has 43 heavy (non-hydrogen) atoms. The smallest absolute Gasteiger partial charge is 0.326 e. The zero-order valence-corrected chi connectivity index (χ0v) is 26.3. The molecule has 0 radical (unpaired) electrons. The molecule has 0 bridgehead atoms. The molecule has 0 aliphatic carbocycles. The molecule has 3 aromatic carbocycles. The molecule has 2 heterocycles. The summed E-state index contributed by atoms with van der Waals surface area (Å²) in [7, 11) is 1.69. The Morgan fingerprint density at radius 2 is 1.67 bits per heavy atom. The van der Waals surface area contributed by atoms with E-state index in [2.05, 4.69) is 19.2 Å². The number of nitrogens with zero attached hydrogens (tertiary/aromatic N) is 3. The first kappa shape index (κ1) is 30.9. The van der Waals surface area contributed by atoms with E-state index in [-0.39, 0.29) is 23.9 Å². The molecule has 226 valence electrons. The van der Waals surface area contributed by atoms with Gasteiger partial charge in [-0.05, 0) is 60.0 Å². The van der Waals surface area contributed by atoms with Crippen molar-refractivity contribution in [2.24, 2.45) is 4.99 Å². The number of aliphatic imine (C=N–C) groups is 1. The Balaban J connectivity index is 1.70. The van der Waals surface area contributed by atoms with E-state index in [4.69, 9.17) is 37.7 Å². The number of halogens is 2. The average molecular weight is 624 g/mol. The van der Waals surface area contributed by atoms with Crippen molar-refractivity contribution < 1.29 is 19.1 Å². The number of carbonyl (C=O) groups excluding carboxylic acids is 2. The Morgan fingerprint density at radius 1 is 1.02 bits per heavy atom. The Hall–Kier alpha value is -3.59. The molecular weight excluding hydrogens is 587 g/mol. The standard InChI is InChI=1S/C33H36Cl2N4O4/c1-5-43-27-18-23(33(2,3)20-42-4)10-15-26(27)31-37-29(21-6-11-24(34)12-7-21)30(22-8-13-25(35)14-9-22)39(31)32(41)38-17-16-36-28(40)19-38/h6-15,18,29-30H,5,16-17,19-20H2,1-4H3,(H,36,40)/t29-,30+/m0/s1. The molecule has 3 amide bonds. The van der Waals surface area contributed by atoms with Crippen LogP contribution in [0.1, 0.15) is 55.1 Å². The van der Waals surface area contributed by atoms with Crippen molar-refractivity contribution in [1.82, 2.24) is 15.1 Å². The predicted molar refractivity (Wildman–Crippen MR) is 169 cm³/mol. The first-order chi connectivity index (χ1) is 20.6. The van der Waals surface area contributed by atoms with Crippen LogP contribution in [0.4, 0.5) is 4.79 Å². The second-order valence-electron chi connectivity index (χ2n) is 11.3. The number of piperazine rings is 1. The number of amidine groups is 1. The molecule has 0 unspecified atom stereocenters. The van der Waals surface area contributed by atoms with E-state index in [0.29, 0.717) is 53.5 Å². The molecule has 2 aliphatic heterocycles. The van der Waals surface area contributed by atoms with E-state index in [9.17, 15) is 9.59 Å². The first-order valence-corrected chi connectivity index (χ1v) is 15.1. The van der Waals surface area contributed by atoms with Gasteiger partial charge in [-0.3, -0.25) is 14.7 Å². The molecule has 0 aromatic heterocycles. The SMILES string of the molecule is CCOc1cc(C(C)(C)COC)ccc1C1=N[C@@H](c2ccc(Cl)cc2)[C@@H](c2ccc(Cl)cc2)N1C(=O)N1CCNC(=O)C1. The quantitative estimate of drug-likeness (QED) is 0.314. The molecule has 8 nitrogen and oxygen atoms in total. The number of rotatable bonds is 8. The van der Waals surface area contributed by atoms with Gasteiger partial charge in [-0.2, -0.15) is 0 Å². The monoisotopic (exact) mass is 622 g/mol. The number of benzene rings is 3. The number of nitrogens with one attached hydrogen (secondary N) is 1. The second kappa shape index (κ2) is 13.0. The van der Waals surface area contributed by atoms with Gasteiger partial charge in [0.2, 0.25) is 5.91 Å². The Morgan fingerprint density at radius 3 is 2.28 bits per heavy atom. The second-order valence-corrected chi connectivity index (χ2v) is 12.2. The maximum atomic E-state index is 14.5. The van der Waals surface area contributed by atoms with E-state index < -0.39 is 12.1 Å². The highest BCUT2D eigenvalue weighted by atomic mass is 35.5. The van der Waals surface area contributed by atoms with Crippen molar-refractivity contribution in [3.63, 3.8) is 0 Å². The number of methoxy groups -OCH3 is 1. The van der Waals surface area contributed by atoms with Crippen LogP contribution in [0.25, 0.3) is 0 Å². The van der Waals surface area contributed by atoms with E-state index in [1.807, 2.05) is 73.7 Å². The maximum absolute atomic E-state index is 14.5. The van der Waals surface area contributed by atoms with E-state index >= 15 is 0 Å². The third-order valence-corrected chi connectivity index (χ3v) is 8.32. The summed E-state index contributed by atoms with van der Waals surface area (Å²) in [5.74, 6) is 0.883. The van der Waals surface area contributed by atoms with Gasteiger partial charge in [0.05, 0.1) is 24.8 Å². The molecule has 2 atom stereocenters. The van der Waals surface area contributed by atoms with Crippen LogP contribution in [0.5, 0.6) is 5.75 Å². The van der Waals surface area contributed by atoms with Gasteiger partial charge in [-0.25, -0.2) is 4.79 Å². The van der Waals surface area contributed by atoms with Crippen LogP contribution in [0.15, 0.2) is 71.7 Å². The van der Waals surface area contributed by atoms with Crippen molar-refractivity contribution in [3.05, 3.63) is 99.0 Å². The lowest BCUT2D eigenvalue weighted by molar-refractivity contribution is -0.123. The topological polar surface area (TPSA) is 83.5 Å². The maximum Gasteiger partial charge on any atom is 0.326 e. The normalized spacial score (nSPS) is 18.8. The third kappa shape index (κ3) is 6.51. The summed E-state index contributed by atoms with van der Waals surface area (Å²) < 4.78 is 11.7. The minimum absolute atomic E-state index is 0.0377. The molecule has 5 rings (SSSR count). The fourth-order valence-electron chi connectivity index (χ4n) is 5.66. The highest BCUT2D eigenvalue weighted by molar-refractivity contribution is 6.30. The highest BCUT2D eigenvalue weighted by Crippen LogP contribution is 2.46. The Labute approximate surface area is 262 Å². The minimum atomic E-state index is -0.523. The highest BCUT2D eigenvalue weighted by Gasteiger charge is 2.45. The number of hydrogen-bond acceptors (Lipinski definition) is 5. The Kier molecular flexibility index (Phi) is 9.30. The van der Waals surface area contributed by atoms with Gasteiger partial charge < -0.3 is 19.7 Å². The zero-order chi connectivity index (χ0) is 30.7. The van der Waals surface area contributed by atoms with Gasteiger partial charge in [0.1, 0.15) is 24.2 Å². The average Bonchev–Trinajstić information content (AvgIpc) is 3.38. The number of ether oxygens (including phenoxy) is 2. The lowest BCUT2D eigenvalue weighted by atomic mass is 9.85. The number of carbonyl (C=O) groups is 2. The molecule has 0 saturated carbocycles. The van der Waals surface area contributed by atoms with Crippen molar-refractivity contribution in [2.45, 2.75) is 38.3 Å². The molecule has 1 N–H and O–H groups in total. The molecule has 10 heteroatoms. The van der Waals surface area contributed by atoms with Crippen LogP contribution in [-0.4, -0.2) is 67.5 Å². The predicted octanol–water partition coefficient (Wildman–Crippen LogP) is 6.41. The van der Waals surface area contributed by atoms with Crippen LogP contribution in [0.3, 0.4) is 0 Å². The van der Waals surface area contributed by atoms with Gasteiger partial charge in [-0.1, -0.05) is 67.4 Å². The van der Waals surface area contributed by atoms with Gasteiger partial charge in [-0.15, -0.1) is 0 Å². The van der Waals surface area contributed by atoms with Crippen LogP contribution in [-0.2, 0) is 14.9 Å². The lowest BCUT2D eigenvalue weighted by Gasteiger charge is -2.36. The summed E-state index contributed by atoms with van der Waals surface area (Å²) in [5.41, 5.74) is 3.20. The van der Waals surface area contributed by atoms with Crippen molar-refractivity contribution in [3.8, 4) is 5.75 Å². The summed E-state index contributed by atoms with van der Waals surface area (Å²) in [6.45, 7) is 7.82. The zero-order valence-electron chi connectivity index (χ0n) is 24.8. The van der Waals surface area contributed by atoms with Crippen LogP contribution in [0.2, 0.25) is 10.0 Å². The van der Waals surface area contributed by atoms with E-state index in [1.54, 1.807) is 16.9 Å². The van der Waals surface area contributed by atoms with Crippen LogP contribution >= 0.6 is 23.2 Å². The van der Waals surface area contributed by atoms with Crippen LogP contribution < -0.4 is 10.1 Å². The molecule has 1 saturated heterocycles. The summed E-state index contributed by atoms with van der Waals surface area (Å²) >= 11 is 12.5. The third-order valence-electron chi connectivity index (χ3n) is 7.81. The Bertz CT molecular complexity index is 1510. The number of amides is 3. The fourth-order valence-corrected chi connectivity index (χ4v) is 5.91. The van der Waals surface area contributed by atoms with Crippen molar-refractivity contribution in [2.75, 3.05) is 40.0 Å². The van der Waals surface area contributed by atoms with E-state index in [0.717, 1.165) is 16.7 Å². The molecule has 1 fully saturated rings. The van der Waals surface area contributed by atoms with Crippen molar-refractivity contribution in [1.29, 1.82) is 0 Å². The fraction of sp³-hybridized carbons (Fsp3) is 0.364. The van der Waals surface area contributed by atoms with Gasteiger partial charge in [0, 0.05) is 35.7 Å². The lowest BCUT2D eigenvalue weighted by Crippen LogP contribution is -2.55. The summed E-state index contributed by atoms with van der Waals surface area (Å²) in [6.07, 6.45) is 0. The van der Waals surface area contributed by atoms with Gasteiger partial charge >= 0.3 is 6.03 Å². The summed E-state index contributed by atoms with van der Waals surface area (Å²) in [6, 6.07) is 19.7. The molecule has 2 aliphatic rings. The molecule has 0 spiro atoms.